The monoisotopic (exact) mass is 182 g/mol. The molecule has 0 fully saturated rings. The number of halogens is 3. The predicted molar refractivity (Wildman–Crippen MR) is 36.8 cm³/mol. The zero-order valence-electron chi connectivity index (χ0n) is 7.27. The van der Waals surface area contributed by atoms with Crippen molar-refractivity contribution in [1.29, 1.82) is 0 Å². The molecule has 0 amide bonds. The van der Waals surface area contributed by atoms with Crippen LogP contribution < -0.4 is 23.6 Å². The Balaban J connectivity index is 0.00000144. The van der Waals surface area contributed by atoms with E-state index in [9.17, 15) is 13.2 Å². The van der Waals surface area contributed by atoms with Gasteiger partial charge in [-0.2, -0.15) is 25.3 Å². The van der Waals surface area contributed by atoms with Crippen LogP contribution >= 0.6 is 0 Å². The third-order valence-electron chi connectivity index (χ3n) is 1.33. The second kappa shape index (κ2) is 4.59. The molecule has 0 heterocycles. The summed E-state index contributed by atoms with van der Waals surface area (Å²) in [4.78, 5) is 0. The molecule has 0 atom stereocenters. The number of hydrogen-bond donors (Lipinski definition) is 0. The van der Waals surface area contributed by atoms with Gasteiger partial charge in [0.1, 0.15) is 0 Å². The van der Waals surface area contributed by atoms with Crippen LogP contribution in [0.1, 0.15) is 5.56 Å². The summed E-state index contributed by atoms with van der Waals surface area (Å²) in [5.41, 5.74) is -0.719. The van der Waals surface area contributed by atoms with Crippen LogP contribution in [-0.2, 0) is 6.18 Å². The summed E-state index contributed by atoms with van der Waals surface area (Å²) in [7, 11) is 1.37. The third-order valence-corrected chi connectivity index (χ3v) is 1.33. The van der Waals surface area contributed by atoms with E-state index in [1.54, 1.807) is 0 Å². The number of alkyl halides is 3. The first-order valence-electron chi connectivity index (χ1n) is 3.17. The molecule has 0 N–H and O–H groups in total. The maximum atomic E-state index is 12.0. The molecule has 0 aliphatic carbocycles. The second-order valence-electron chi connectivity index (χ2n) is 2.14. The molecule has 5 heteroatoms. The number of methoxy groups -OCH3 is 1. The summed E-state index contributed by atoms with van der Waals surface area (Å²) in [5.74, 6) is 0.294. The van der Waals surface area contributed by atoms with Crippen LogP contribution in [0.15, 0.2) is 18.2 Å². The van der Waals surface area contributed by atoms with Crippen molar-refractivity contribution < 1.29 is 36.8 Å². The first kappa shape index (κ1) is 12.4. The van der Waals surface area contributed by atoms with Gasteiger partial charge in [0.15, 0.2) is 0 Å². The van der Waals surface area contributed by atoms with Gasteiger partial charge >= 0.3 is 25.0 Å². The standard InChI is InChI=1S/C8H6F3O.Li/c1-12-7-4-2-6(3-5-7)8(9,10)11;/h2-4H,1H3;/q-1;+1. The number of rotatable bonds is 1. The molecule has 0 aromatic heterocycles. The fraction of sp³-hybridized carbons (Fsp3) is 0.250. The number of hydrogen-bond acceptors (Lipinski definition) is 1. The maximum Gasteiger partial charge on any atom is 1.00 e. The summed E-state index contributed by atoms with van der Waals surface area (Å²) in [5, 5.41) is 0. The van der Waals surface area contributed by atoms with Gasteiger partial charge in [-0.15, -0.1) is 12.1 Å². The van der Waals surface area contributed by atoms with Crippen molar-refractivity contribution in [3.05, 3.63) is 29.8 Å². The average Bonchev–Trinajstić information content (AvgIpc) is 2.03. The van der Waals surface area contributed by atoms with Crippen molar-refractivity contribution in [1.82, 2.24) is 0 Å². The smallest absolute Gasteiger partial charge is 0.523 e. The van der Waals surface area contributed by atoms with E-state index < -0.39 is 11.7 Å². The van der Waals surface area contributed by atoms with Crippen LogP contribution in [0.4, 0.5) is 13.2 Å². The van der Waals surface area contributed by atoms with Gasteiger partial charge in [0, 0.05) is 5.75 Å². The zero-order chi connectivity index (χ0) is 9.19. The molecule has 0 aliphatic rings. The van der Waals surface area contributed by atoms with E-state index in [4.69, 9.17) is 0 Å². The molecule has 1 aromatic rings. The Kier molecular flexibility index (Phi) is 4.38. The van der Waals surface area contributed by atoms with Crippen molar-refractivity contribution >= 4 is 0 Å². The van der Waals surface area contributed by atoms with Crippen molar-refractivity contribution in [2.24, 2.45) is 0 Å². The van der Waals surface area contributed by atoms with Gasteiger partial charge in [-0.3, -0.25) is 0 Å². The minimum Gasteiger partial charge on any atom is -0.523 e. The van der Waals surface area contributed by atoms with E-state index in [1.807, 2.05) is 0 Å². The molecule has 0 saturated carbocycles. The fourth-order valence-electron chi connectivity index (χ4n) is 0.714. The Bertz CT molecular complexity index is 255. The van der Waals surface area contributed by atoms with Gasteiger partial charge < -0.3 is 4.74 Å². The Morgan fingerprint density at radius 1 is 1.31 bits per heavy atom. The van der Waals surface area contributed by atoms with Crippen LogP contribution in [0.2, 0.25) is 0 Å². The van der Waals surface area contributed by atoms with E-state index in [-0.39, 0.29) is 18.9 Å². The molecule has 0 spiro atoms. The molecular weight excluding hydrogens is 176 g/mol. The molecule has 1 rings (SSSR count). The molecule has 0 bridgehead atoms. The second-order valence-corrected chi connectivity index (χ2v) is 2.14. The quantitative estimate of drug-likeness (QED) is 0.421. The van der Waals surface area contributed by atoms with Crippen molar-refractivity contribution in [2.45, 2.75) is 6.18 Å². The third kappa shape index (κ3) is 3.33. The summed E-state index contributed by atoms with van der Waals surface area (Å²) in [6.07, 6.45) is -4.30. The number of benzene rings is 1. The SMILES string of the molecule is COc1[c-]cc(C(F)(F)F)cc1.[Li+]. The summed E-state index contributed by atoms with van der Waals surface area (Å²) in [6.45, 7) is 0. The molecule has 1 aromatic carbocycles. The molecule has 0 radical (unpaired) electrons. The molecule has 66 valence electrons. The Labute approximate surface area is 86.1 Å². The van der Waals surface area contributed by atoms with E-state index >= 15 is 0 Å². The molecule has 0 unspecified atom stereocenters. The van der Waals surface area contributed by atoms with Crippen LogP contribution in [0.3, 0.4) is 0 Å². The topological polar surface area (TPSA) is 9.23 Å². The van der Waals surface area contributed by atoms with Gasteiger partial charge in [-0.1, -0.05) is 5.56 Å². The number of ether oxygens (including phenoxy) is 1. The van der Waals surface area contributed by atoms with Gasteiger partial charge in [0.05, 0.1) is 7.11 Å². The first-order valence-corrected chi connectivity index (χ1v) is 3.17. The molecule has 0 aliphatic heterocycles. The van der Waals surface area contributed by atoms with Crippen LogP contribution in [0.5, 0.6) is 5.75 Å². The molecule has 0 saturated heterocycles. The minimum absolute atomic E-state index is 0. The van der Waals surface area contributed by atoms with Gasteiger partial charge in [0.2, 0.25) is 0 Å². The van der Waals surface area contributed by atoms with Crippen LogP contribution in [-0.4, -0.2) is 7.11 Å². The summed E-state index contributed by atoms with van der Waals surface area (Å²) < 4.78 is 40.5. The Hall–Kier alpha value is -0.593. The van der Waals surface area contributed by atoms with E-state index in [2.05, 4.69) is 10.8 Å². The van der Waals surface area contributed by atoms with E-state index in [0.717, 1.165) is 12.1 Å². The maximum absolute atomic E-state index is 12.0. The normalized spacial score (nSPS) is 10.5. The van der Waals surface area contributed by atoms with Gasteiger partial charge in [0.25, 0.3) is 0 Å². The summed E-state index contributed by atoms with van der Waals surface area (Å²) >= 11 is 0. The van der Waals surface area contributed by atoms with Crippen LogP contribution in [0.25, 0.3) is 0 Å². The van der Waals surface area contributed by atoms with E-state index in [0.29, 0.717) is 5.75 Å². The van der Waals surface area contributed by atoms with Gasteiger partial charge in [-0.05, 0) is 0 Å². The zero-order valence-corrected chi connectivity index (χ0v) is 7.27. The van der Waals surface area contributed by atoms with E-state index in [1.165, 1.54) is 13.2 Å². The molecule has 1 nitrogen and oxygen atoms in total. The van der Waals surface area contributed by atoms with Crippen molar-refractivity contribution in [2.75, 3.05) is 7.11 Å². The minimum atomic E-state index is -4.30. The molecule has 13 heavy (non-hydrogen) atoms. The average molecular weight is 182 g/mol. The summed E-state index contributed by atoms with van der Waals surface area (Å²) in [6, 6.07) is 5.39. The van der Waals surface area contributed by atoms with Crippen molar-refractivity contribution in [3.63, 3.8) is 0 Å². The fourth-order valence-corrected chi connectivity index (χ4v) is 0.714. The van der Waals surface area contributed by atoms with Crippen LogP contribution in [0, 0.1) is 6.07 Å². The predicted octanol–water partition coefficient (Wildman–Crippen LogP) is -0.482. The van der Waals surface area contributed by atoms with Crippen molar-refractivity contribution in [3.8, 4) is 5.75 Å². The van der Waals surface area contributed by atoms with Gasteiger partial charge in [-0.25, -0.2) is 0 Å². The molecular formula is C8H6F3LiO. The largest absolute Gasteiger partial charge is 1.00 e. The Morgan fingerprint density at radius 2 is 1.92 bits per heavy atom. The first-order chi connectivity index (χ1) is 5.54. The Morgan fingerprint density at radius 3 is 2.23 bits per heavy atom.